The predicted octanol–water partition coefficient (Wildman–Crippen LogP) is 3.85. The van der Waals surface area contributed by atoms with Crippen LogP contribution in [0.3, 0.4) is 0 Å². The highest BCUT2D eigenvalue weighted by Gasteiger charge is 2.49. The number of nitrogens with zero attached hydrogens (tertiary/aromatic N) is 2. The van der Waals surface area contributed by atoms with Crippen LogP contribution in [0.15, 0.2) is 30.5 Å². The molecule has 0 atom stereocenters. The van der Waals surface area contributed by atoms with Crippen molar-refractivity contribution in [1.29, 1.82) is 0 Å². The topological polar surface area (TPSA) is 77.5 Å². The molecule has 1 spiro atoms. The maximum Gasteiger partial charge on any atom is 0.323 e. The van der Waals surface area contributed by atoms with E-state index in [4.69, 9.17) is 0 Å². The molecule has 1 saturated heterocycles. The maximum atomic E-state index is 13.9. The Balaban J connectivity index is 1.55. The number of aromatic nitrogens is 1. The van der Waals surface area contributed by atoms with Gasteiger partial charge in [-0.05, 0) is 82.8 Å². The van der Waals surface area contributed by atoms with Gasteiger partial charge >= 0.3 is 6.03 Å². The summed E-state index contributed by atoms with van der Waals surface area (Å²) in [5.41, 5.74) is 0.106. The van der Waals surface area contributed by atoms with E-state index in [1.165, 1.54) is 12.1 Å². The summed E-state index contributed by atoms with van der Waals surface area (Å²) in [6, 6.07) is 5.30. The van der Waals surface area contributed by atoms with E-state index in [1.807, 2.05) is 13.0 Å². The van der Waals surface area contributed by atoms with Crippen molar-refractivity contribution in [2.75, 3.05) is 18.5 Å². The minimum atomic E-state index is -1.01. The number of amides is 2. The lowest BCUT2D eigenvalue weighted by Crippen LogP contribution is -2.53. The van der Waals surface area contributed by atoms with Crippen LogP contribution >= 0.6 is 0 Å². The van der Waals surface area contributed by atoms with Crippen LogP contribution in [0.5, 0.6) is 0 Å². The molecule has 3 N–H and O–H groups in total. The lowest BCUT2D eigenvalue weighted by molar-refractivity contribution is 0.0782. The van der Waals surface area contributed by atoms with Crippen molar-refractivity contribution in [3.8, 4) is 0 Å². The van der Waals surface area contributed by atoms with Gasteiger partial charge in [-0.1, -0.05) is 0 Å². The summed E-state index contributed by atoms with van der Waals surface area (Å²) in [6.45, 7) is 5.74. The van der Waals surface area contributed by atoms with Gasteiger partial charge in [0.15, 0.2) is 0 Å². The van der Waals surface area contributed by atoms with E-state index in [-0.39, 0.29) is 6.03 Å². The number of pyridine rings is 1. The summed E-state index contributed by atoms with van der Waals surface area (Å²) in [5.74, 6) is -0.609. The molecule has 2 aliphatic rings. The highest BCUT2D eigenvalue weighted by atomic mass is 19.1. The first-order chi connectivity index (χ1) is 15.0. The zero-order valence-corrected chi connectivity index (χ0v) is 18.9. The van der Waals surface area contributed by atoms with Crippen LogP contribution in [0.25, 0.3) is 0 Å². The second kappa shape index (κ2) is 7.78. The average molecular weight is 445 g/mol. The first kappa shape index (κ1) is 22.6. The van der Waals surface area contributed by atoms with Gasteiger partial charge in [0.1, 0.15) is 17.5 Å². The van der Waals surface area contributed by atoms with Crippen LogP contribution in [0.4, 0.5) is 19.4 Å². The number of rotatable bonds is 4. The number of nitrogens with one attached hydrogen (secondary N) is 2. The average Bonchev–Trinajstić information content (AvgIpc) is 3.03. The van der Waals surface area contributed by atoms with Gasteiger partial charge in [-0.3, -0.25) is 4.90 Å². The van der Waals surface area contributed by atoms with E-state index < -0.39 is 28.3 Å². The van der Waals surface area contributed by atoms with Crippen molar-refractivity contribution >= 4 is 11.8 Å². The molecule has 1 saturated carbocycles. The molecule has 0 bridgehead atoms. The van der Waals surface area contributed by atoms with Gasteiger partial charge in [-0.2, -0.15) is 0 Å². The molecule has 1 aromatic heterocycles. The third-order valence-electron chi connectivity index (χ3n) is 7.05. The Morgan fingerprint density at radius 1 is 1.12 bits per heavy atom. The van der Waals surface area contributed by atoms with E-state index in [9.17, 15) is 18.7 Å². The first-order valence-corrected chi connectivity index (χ1v) is 10.9. The van der Waals surface area contributed by atoms with E-state index in [2.05, 4.69) is 15.6 Å². The zero-order valence-electron chi connectivity index (χ0n) is 18.9. The number of hydrogen-bond acceptors (Lipinski definition) is 4. The Morgan fingerprint density at radius 3 is 2.28 bits per heavy atom. The van der Waals surface area contributed by atoms with Gasteiger partial charge in [0.05, 0.1) is 17.7 Å². The number of aryl methyl sites for hydroxylation is 1. The largest absolute Gasteiger partial charge is 0.386 e. The van der Waals surface area contributed by atoms with Gasteiger partial charge < -0.3 is 15.7 Å². The lowest BCUT2D eigenvalue weighted by Gasteiger charge is -2.45. The highest BCUT2D eigenvalue weighted by Crippen LogP contribution is 2.44. The standard InChI is InChI=1S/C24H30F2N4O2/c1-15-9-17(22(2,3)32)13-28-20(15)30-14-23(29-21(30)31)5-7-24(27-4,8-6-23)16-10-18(25)12-19(26)11-16/h9-13,27,32H,5-8,14H2,1-4H3,(H,29,31). The van der Waals surface area contributed by atoms with Crippen molar-refractivity contribution in [2.24, 2.45) is 0 Å². The third-order valence-corrected chi connectivity index (χ3v) is 7.05. The highest BCUT2D eigenvalue weighted by molar-refractivity contribution is 5.95. The molecular formula is C24H30F2N4O2. The fourth-order valence-electron chi connectivity index (χ4n) is 5.02. The molecule has 2 heterocycles. The maximum absolute atomic E-state index is 13.9. The van der Waals surface area contributed by atoms with Crippen molar-refractivity contribution in [3.05, 3.63) is 58.8 Å². The van der Waals surface area contributed by atoms with Crippen molar-refractivity contribution in [2.45, 2.75) is 63.1 Å². The monoisotopic (exact) mass is 444 g/mol. The quantitative estimate of drug-likeness (QED) is 0.670. The van der Waals surface area contributed by atoms with E-state index in [1.54, 1.807) is 32.0 Å². The second-order valence-electron chi connectivity index (χ2n) is 9.71. The SMILES string of the molecule is CNC1(c2cc(F)cc(F)c2)CCC2(CC1)CN(c1ncc(C(C)(C)O)cc1C)C(=O)N2. The molecule has 1 aliphatic heterocycles. The molecule has 1 aromatic carbocycles. The van der Waals surface area contributed by atoms with E-state index in [0.29, 0.717) is 49.2 Å². The Hall–Kier alpha value is -2.58. The van der Waals surface area contributed by atoms with Crippen molar-refractivity contribution in [3.63, 3.8) is 0 Å². The lowest BCUT2D eigenvalue weighted by atomic mass is 9.69. The smallest absolute Gasteiger partial charge is 0.323 e. The van der Waals surface area contributed by atoms with Crippen molar-refractivity contribution < 1.29 is 18.7 Å². The molecule has 8 heteroatoms. The Labute approximate surface area is 187 Å². The molecule has 4 rings (SSSR count). The third kappa shape index (κ3) is 3.97. The first-order valence-electron chi connectivity index (χ1n) is 10.9. The number of anilines is 1. The molecule has 32 heavy (non-hydrogen) atoms. The molecular weight excluding hydrogens is 414 g/mol. The minimum Gasteiger partial charge on any atom is -0.386 e. The number of hydrogen-bond donors (Lipinski definition) is 3. The van der Waals surface area contributed by atoms with Crippen LogP contribution in [-0.2, 0) is 11.1 Å². The number of carbonyl (C=O) groups is 1. The molecule has 2 amide bonds. The minimum absolute atomic E-state index is 0.203. The normalized spacial score (nSPS) is 26.0. The van der Waals surface area contributed by atoms with Crippen LogP contribution in [-0.4, -0.2) is 35.3 Å². The number of benzene rings is 1. The summed E-state index contributed by atoms with van der Waals surface area (Å²) in [6.07, 6.45) is 4.19. The van der Waals surface area contributed by atoms with E-state index >= 15 is 0 Å². The summed E-state index contributed by atoms with van der Waals surface area (Å²) in [7, 11) is 1.80. The Morgan fingerprint density at radius 2 is 1.75 bits per heavy atom. The van der Waals surface area contributed by atoms with Gasteiger partial charge in [0.2, 0.25) is 0 Å². The van der Waals surface area contributed by atoms with Crippen molar-refractivity contribution in [1.82, 2.24) is 15.6 Å². The van der Waals surface area contributed by atoms with Gasteiger partial charge in [0.25, 0.3) is 0 Å². The van der Waals surface area contributed by atoms with E-state index in [0.717, 1.165) is 11.6 Å². The molecule has 172 valence electrons. The van der Waals surface area contributed by atoms with Crippen LogP contribution in [0, 0.1) is 18.6 Å². The molecule has 2 aromatic rings. The number of halogens is 2. The second-order valence-corrected chi connectivity index (χ2v) is 9.71. The predicted molar refractivity (Wildman–Crippen MR) is 118 cm³/mol. The number of carbonyl (C=O) groups excluding carboxylic acids is 1. The van der Waals surface area contributed by atoms with Crippen LogP contribution in [0.1, 0.15) is 56.2 Å². The fraction of sp³-hybridized carbons (Fsp3) is 0.500. The van der Waals surface area contributed by atoms with Crippen LogP contribution < -0.4 is 15.5 Å². The number of aliphatic hydroxyl groups is 1. The van der Waals surface area contributed by atoms with Gasteiger partial charge in [-0.25, -0.2) is 18.6 Å². The molecule has 6 nitrogen and oxygen atoms in total. The van der Waals surface area contributed by atoms with Gasteiger partial charge in [-0.15, -0.1) is 0 Å². The summed E-state index contributed by atoms with van der Waals surface area (Å²) in [5, 5.41) is 16.7. The Kier molecular flexibility index (Phi) is 5.49. The zero-order chi connectivity index (χ0) is 23.3. The number of urea groups is 1. The molecule has 1 aliphatic carbocycles. The van der Waals surface area contributed by atoms with Crippen LogP contribution in [0.2, 0.25) is 0 Å². The Bertz CT molecular complexity index is 1020. The molecule has 0 radical (unpaired) electrons. The molecule has 2 fully saturated rings. The van der Waals surface area contributed by atoms with Gasteiger partial charge in [0, 0.05) is 23.4 Å². The summed E-state index contributed by atoms with van der Waals surface area (Å²) >= 11 is 0. The summed E-state index contributed by atoms with van der Waals surface area (Å²) in [4.78, 5) is 19.0. The summed E-state index contributed by atoms with van der Waals surface area (Å²) < 4.78 is 27.7. The molecule has 0 unspecified atom stereocenters. The fourth-order valence-corrected chi connectivity index (χ4v) is 5.02.